The molecule has 6 heteroatoms. The number of aryl methyl sites for hydroxylation is 1. The zero-order valence-corrected chi connectivity index (χ0v) is 12.3. The smallest absolute Gasteiger partial charge is 0.325 e. The zero-order chi connectivity index (χ0) is 14.3. The largest absolute Gasteiger partial charge is 0.480 e. The number of carbonyl (C=O) groups is 1. The minimum Gasteiger partial charge on any atom is -0.480 e. The molecule has 5 nitrogen and oxygen atoms in total. The van der Waals surface area contributed by atoms with Gasteiger partial charge in [-0.3, -0.25) is 4.79 Å². The molecule has 2 heterocycles. The molecule has 0 bridgehead atoms. The maximum atomic E-state index is 11.0. The Bertz CT molecular complexity index is 668. The lowest BCUT2D eigenvalue weighted by Crippen LogP contribution is -2.26. The monoisotopic (exact) mass is 291 g/mol. The van der Waals surface area contributed by atoms with Crippen molar-refractivity contribution in [1.29, 1.82) is 0 Å². The van der Waals surface area contributed by atoms with Crippen LogP contribution in [0.15, 0.2) is 6.33 Å². The first-order valence-electron chi connectivity index (χ1n) is 6.81. The second-order valence-corrected chi connectivity index (χ2v) is 6.54. The maximum absolute atomic E-state index is 11.0. The number of rotatable bonds is 3. The van der Waals surface area contributed by atoms with Crippen molar-refractivity contribution in [3.63, 3.8) is 0 Å². The molecule has 2 aromatic rings. The minimum absolute atomic E-state index is 0.650. The molecule has 1 aliphatic rings. The Balaban J connectivity index is 2.07. The van der Waals surface area contributed by atoms with Gasteiger partial charge in [-0.05, 0) is 37.7 Å². The summed E-state index contributed by atoms with van der Waals surface area (Å²) in [6, 6.07) is -0.661. The molecule has 0 saturated heterocycles. The van der Waals surface area contributed by atoms with E-state index in [1.54, 1.807) is 18.3 Å². The summed E-state index contributed by atoms with van der Waals surface area (Å²) >= 11 is 1.71. The topological polar surface area (TPSA) is 75.1 Å². The first kappa shape index (κ1) is 13.3. The van der Waals surface area contributed by atoms with Crippen LogP contribution < -0.4 is 5.32 Å². The summed E-state index contributed by atoms with van der Waals surface area (Å²) in [5.74, 6) is 0.476. The van der Waals surface area contributed by atoms with Crippen molar-refractivity contribution in [1.82, 2.24) is 9.97 Å². The quantitative estimate of drug-likeness (QED) is 0.909. The van der Waals surface area contributed by atoms with Gasteiger partial charge in [-0.15, -0.1) is 11.3 Å². The van der Waals surface area contributed by atoms with Gasteiger partial charge in [0, 0.05) is 4.88 Å². The van der Waals surface area contributed by atoms with Crippen LogP contribution in [0.4, 0.5) is 5.82 Å². The number of anilines is 1. The van der Waals surface area contributed by atoms with E-state index in [4.69, 9.17) is 5.11 Å². The number of carboxylic acid groups (broad SMARTS) is 1. The van der Waals surface area contributed by atoms with Crippen molar-refractivity contribution in [2.75, 3.05) is 5.32 Å². The van der Waals surface area contributed by atoms with Crippen LogP contribution in [-0.2, 0) is 17.6 Å². The number of nitrogens with zero attached hydrogens (tertiary/aromatic N) is 2. The normalized spacial score (nSPS) is 19.6. The van der Waals surface area contributed by atoms with E-state index in [1.165, 1.54) is 23.2 Å². The summed E-state index contributed by atoms with van der Waals surface area (Å²) in [7, 11) is 0. The lowest BCUT2D eigenvalue weighted by Gasteiger charge is -2.18. The van der Waals surface area contributed by atoms with Gasteiger partial charge in [-0.2, -0.15) is 0 Å². The molecule has 3 rings (SSSR count). The van der Waals surface area contributed by atoms with Crippen LogP contribution in [0.3, 0.4) is 0 Å². The molecule has 0 aliphatic heterocycles. The summed E-state index contributed by atoms with van der Waals surface area (Å²) < 4.78 is 0. The Morgan fingerprint density at radius 2 is 2.35 bits per heavy atom. The Morgan fingerprint density at radius 1 is 1.55 bits per heavy atom. The number of aliphatic carboxylic acids is 1. The molecule has 0 amide bonds. The average Bonchev–Trinajstić information content (AvgIpc) is 2.76. The SMILES string of the molecule is C[C@H]1CCc2c(sc3ncnc(N[C@@H](C)C(=O)O)c23)C1. The Kier molecular flexibility index (Phi) is 3.33. The fraction of sp³-hybridized carbons (Fsp3) is 0.500. The molecule has 0 spiro atoms. The van der Waals surface area contributed by atoms with Crippen LogP contribution in [-0.4, -0.2) is 27.1 Å². The predicted octanol–water partition coefficient (Wildman–Crippen LogP) is 2.70. The molecule has 0 unspecified atom stereocenters. The van der Waals surface area contributed by atoms with Crippen molar-refractivity contribution >= 4 is 33.3 Å². The third-order valence-electron chi connectivity index (χ3n) is 3.82. The summed E-state index contributed by atoms with van der Waals surface area (Å²) in [4.78, 5) is 21.9. The molecule has 0 radical (unpaired) electrons. The van der Waals surface area contributed by atoms with Gasteiger partial charge in [-0.1, -0.05) is 6.92 Å². The van der Waals surface area contributed by atoms with E-state index in [1.807, 2.05) is 0 Å². The van der Waals surface area contributed by atoms with E-state index in [0.717, 1.165) is 23.1 Å². The van der Waals surface area contributed by atoms with E-state index < -0.39 is 12.0 Å². The minimum atomic E-state index is -0.880. The number of thiophene rings is 1. The molecule has 106 valence electrons. The van der Waals surface area contributed by atoms with Crippen LogP contribution in [0.5, 0.6) is 0 Å². The van der Waals surface area contributed by atoms with Crippen LogP contribution in [0.1, 0.15) is 30.7 Å². The summed E-state index contributed by atoms with van der Waals surface area (Å²) in [5, 5.41) is 13.0. The number of nitrogens with one attached hydrogen (secondary N) is 1. The van der Waals surface area contributed by atoms with Crippen molar-refractivity contribution < 1.29 is 9.90 Å². The van der Waals surface area contributed by atoms with Crippen LogP contribution in [0.2, 0.25) is 0 Å². The summed E-state index contributed by atoms with van der Waals surface area (Å²) in [6.45, 7) is 3.89. The first-order valence-corrected chi connectivity index (χ1v) is 7.62. The number of hydrogen-bond donors (Lipinski definition) is 2. The molecule has 0 saturated carbocycles. The van der Waals surface area contributed by atoms with Gasteiger partial charge in [-0.25, -0.2) is 9.97 Å². The summed E-state index contributed by atoms with van der Waals surface area (Å²) in [6.07, 6.45) is 4.79. The third-order valence-corrected chi connectivity index (χ3v) is 4.98. The second kappa shape index (κ2) is 5.01. The van der Waals surface area contributed by atoms with Gasteiger partial charge >= 0.3 is 5.97 Å². The van der Waals surface area contributed by atoms with Crippen LogP contribution in [0.25, 0.3) is 10.2 Å². The van der Waals surface area contributed by atoms with Crippen molar-refractivity contribution in [3.05, 3.63) is 16.8 Å². The standard InChI is InChI=1S/C14H17N3O2S/c1-7-3-4-9-10(5-7)20-13-11(9)12(15-6-16-13)17-8(2)14(18)19/h6-8H,3-5H2,1-2H3,(H,18,19)(H,15,16,17)/t7-,8-/m0/s1. The Labute approximate surface area is 121 Å². The number of carboxylic acids is 1. The van der Waals surface area contributed by atoms with E-state index in [9.17, 15) is 4.79 Å². The highest BCUT2D eigenvalue weighted by Gasteiger charge is 2.24. The molecular weight excluding hydrogens is 274 g/mol. The Hall–Kier alpha value is -1.69. The lowest BCUT2D eigenvalue weighted by atomic mass is 9.89. The van der Waals surface area contributed by atoms with Gasteiger partial charge in [0.2, 0.25) is 0 Å². The number of fused-ring (bicyclic) bond motifs is 3. The van der Waals surface area contributed by atoms with E-state index in [-0.39, 0.29) is 0 Å². The maximum Gasteiger partial charge on any atom is 0.325 e. The first-order chi connectivity index (χ1) is 9.56. The zero-order valence-electron chi connectivity index (χ0n) is 11.5. The van der Waals surface area contributed by atoms with Gasteiger partial charge in [0.1, 0.15) is 23.0 Å². The lowest BCUT2D eigenvalue weighted by molar-refractivity contribution is -0.137. The number of aromatic nitrogens is 2. The van der Waals surface area contributed by atoms with Crippen molar-refractivity contribution in [3.8, 4) is 0 Å². The van der Waals surface area contributed by atoms with Gasteiger partial charge < -0.3 is 10.4 Å². The molecule has 20 heavy (non-hydrogen) atoms. The fourth-order valence-electron chi connectivity index (χ4n) is 2.65. The van der Waals surface area contributed by atoms with E-state index >= 15 is 0 Å². The molecule has 0 aromatic carbocycles. The molecular formula is C14H17N3O2S. The molecule has 2 N–H and O–H groups in total. The predicted molar refractivity (Wildman–Crippen MR) is 79.3 cm³/mol. The third kappa shape index (κ3) is 2.24. The van der Waals surface area contributed by atoms with Gasteiger partial charge in [0.05, 0.1) is 5.39 Å². The molecule has 1 aliphatic carbocycles. The highest BCUT2D eigenvalue weighted by atomic mass is 32.1. The fourth-order valence-corrected chi connectivity index (χ4v) is 4.00. The number of hydrogen-bond acceptors (Lipinski definition) is 5. The van der Waals surface area contributed by atoms with Gasteiger partial charge in [0.25, 0.3) is 0 Å². The molecule has 2 atom stereocenters. The Morgan fingerprint density at radius 3 is 3.10 bits per heavy atom. The van der Waals surface area contributed by atoms with Crippen LogP contribution in [0, 0.1) is 5.92 Å². The van der Waals surface area contributed by atoms with E-state index in [0.29, 0.717) is 11.7 Å². The van der Waals surface area contributed by atoms with E-state index in [2.05, 4.69) is 22.2 Å². The van der Waals surface area contributed by atoms with Crippen LogP contribution >= 0.6 is 11.3 Å². The highest BCUT2D eigenvalue weighted by molar-refractivity contribution is 7.19. The van der Waals surface area contributed by atoms with Crippen molar-refractivity contribution in [2.24, 2.45) is 5.92 Å². The highest BCUT2D eigenvalue weighted by Crippen LogP contribution is 2.39. The molecule has 2 aromatic heterocycles. The second-order valence-electron chi connectivity index (χ2n) is 5.46. The summed E-state index contributed by atoms with van der Waals surface area (Å²) in [5.41, 5.74) is 1.31. The average molecular weight is 291 g/mol. The molecule has 0 fully saturated rings. The van der Waals surface area contributed by atoms with Gasteiger partial charge in [0.15, 0.2) is 0 Å². The van der Waals surface area contributed by atoms with Crippen molar-refractivity contribution in [2.45, 2.75) is 39.2 Å².